The molecule has 1 heterocycles. The van der Waals surface area contributed by atoms with Crippen molar-refractivity contribution in [2.75, 3.05) is 13.2 Å². The van der Waals surface area contributed by atoms with Crippen molar-refractivity contribution in [3.8, 4) is 45.8 Å². The summed E-state index contributed by atoms with van der Waals surface area (Å²) in [5.74, 6) is -0.490. The zero-order chi connectivity index (χ0) is 37.0. The predicted molar refractivity (Wildman–Crippen MR) is 200 cm³/mol. The number of hydrogen-bond donors (Lipinski definition) is 2. The van der Waals surface area contributed by atoms with Gasteiger partial charge in [-0.05, 0) is 66.9 Å². The van der Waals surface area contributed by atoms with E-state index in [1.54, 1.807) is 38.1 Å². The number of aromatic hydroxyl groups is 2. The molecule has 0 aliphatic carbocycles. The molecule has 0 saturated heterocycles. The quantitative estimate of drug-likeness (QED) is 0.0662. The van der Waals surface area contributed by atoms with Crippen molar-refractivity contribution in [1.82, 2.24) is 15.0 Å². The zero-order valence-electron chi connectivity index (χ0n) is 30.5. The minimum Gasteiger partial charge on any atom is -0.507 e. The van der Waals surface area contributed by atoms with Crippen LogP contribution in [0.2, 0.25) is 0 Å². The second-order valence-corrected chi connectivity index (χ2v) is 13.4. The third-order valence-electron chi connectivity index (χ3n) is 8.30. The van der Waals surface area contributed by atoms with Gasteiger partial charge >= 0.3 is 11.9 Å². The molecular weight excluding hydrogens is 718 g/mol. The molecule has 12 heteroatoms. The number of ether oxygens (including phenoxy) is 4. The summed E-state index contributed by atoms with van der Waals surface area (Å²) in [6.07, 6.45) is 14.0. The van der Waals surface area contributed by atoms with Crippen LogP contribution in [0.4, 0.5) is 0 Å². The molecule has 0 spiro atoms. The SMILES string of the molecule is CCCCCCCCCOC(=O)C(C)Oc1ccc(-c2nc(Br)nc(-c3ccc(OC(C)C(=O)OCCCCCCCCC)cc3O)n2)c(O)c1. The van der Waals surface area contributed by atoms with Crippen LogP contribution in [0.3, 0.4) is 0 Å². The maximum Gasteiger partial charge on any atom is 0.347 e. The number of aromatic nitrogens is 3. The minimum atomic E-state index is -0.865. The fourth-order valence-corrected chi connectivity index (χ4v) is 5.68. The number of carbonyl (C=O) groups is 2. The van der Waals surface area contributed by atoms with Crippen LogP contribution in [0, 0.1) is 0 Å². The largest absolute Gasteiger partial charge is 0.507 e. The monoisotopic (exact) mass is 771 g/mol. The molecule has 0 radical (unpaired) electrons. The molecule has 1 aromatic heterocycles. The van der Waals surface area contributed by atoms with Gasteiger partial charge in [0.05, 0.1) is 24.3 Å². The fourth-order valence-electron chi connectivity index (χ4n) is 5.34. The molecule has 3 rings (SSSR count). The van der Waals surface area contributed by atoms with Crippen LogP contribution >= 0.6 is 15.9 Å². The van der Waals surface area contributed by atoms with E-state index in [2.05, 4.69) is 44.7 Å². The van der Waals surface area contributed by atoms with E-state index >= 15 is 0 Å². The maximum atomic E-state index is 12.4. The van der Waals surface area contributed by atoms with Gasteiger partial charge in [0.2, 0.25) is 4.73 Å². The Labute approximate surface area is 310 Å². The van der Waals surface area contributed by atoms with Crippen LogP contribution < -0.4 is 9.47 Å². The third-order valence-corrected chi connectivity index (χ3v) is 8.66. The van der Waals surface area contributed by atoms with E-state index in [0.717, 1.165) is 38.5 Å². The van der Waals surface area contributed by atoms with Crippen molar-refractivity contribution in [1.29, 1.82) is 0 Å². The van der Waals surface area contributed by atoms with Crippen molar-refractivity contribution in [3.05, 3.63) is 41.1 Å². The summed E-state index contributed by atoms with van der Waals surface area (Å²) in [5.41, 5.74) is 0.563. The van der Waals surface area contributed by atoms with E-state index in [-0.39, 0.29) is 50.5 Å². The molecule has 0 amide bonds. The highest BCUT2D eigenvalue weighted by Gasteiger charge is 2.21. The Morgan fingerprint density at radius 3 is 1.35 bits per heavy atom. The highest BCUT2D eigenvalue weighted by atomic mass is 79.9. The lowest BCUT2D eigenvalue weighted by Gasteiger charge is -2.15. The number of rotatable bonds is 24. The number of phenolic OH excluding ortho intramolecular Hbond substituents is 2. The number of hydrogen-bond acceptors (Lipinski definition) is 11. The first-order valence-corrected chi connectivity index (χ1v) is 19.2. The average molecular weight is 773 g/mol. The molecule has 51 heavy (non-hydrogen) atoms. The Morgan fingerprint density at radius 2 is 0.980 bits per heavy atom. The van der Waals surface area contributed by atoms with E-state index in [4.69, 9.17) is 18.9 Å². The Bertz CT molecular complexity index is 1410. The molecule has 3 aromatic rings. The standard InChI is InChI=1S/C39H54BrN3O8/c1-5-7-9-11-13-15-17-23-48-37(46)27(3)50-29-19-21-31(33(44)25-29)35-41-36(43-39(40)42-35)32-22-20-30(26-34(32)45)51-28(4)38(47)49-24-18-16-14-12-10-8-6-2/h19-22,25-28,44-45H,5-18,23-24H2,1-4H3. The van der Waals surface area contributed by atoms with Crippen LogP contribution in [-0.4, -0.2) is 62.5 Å². The van der Waals surface area contributed by atoms with Crippen molar-refractivity contribution in [2.24, 2.45) is 0 Å². The molecule has 0 fully saturated rings. The smallest absolute Gasteiger partial charge is 0.347 e. The Hall–Kier alpha value is -3.93. The van der Waals surface area contributed by atoms with Gasteiger partial charge in [0.25, 0.3) is 0 Å². The molecular formula is C39H54BrN3O8. The number of halogens is 1. The maximum absolute atomic E-state index is 12.4. The second-order valence-electron chi connectivity index (χ2n) is 12.7. The highest BCUT2D eigenvalue weighted by Crippen LogP contribution is 2.35. The summed E-state index contributed by atoms with van der Waals surface area (Å²) in [4.78, 5) is 37.9. The van der Waals surface area contributed by atoms with E-state index in [9.17, 15) is 19.8 Å². The minimum absolute atomic E-state index is 0.134. The molecule has 0 saturated carbocycles. The fraction of sp³-hybridized carbons (Fsp3) is 0.564. The van der Waals surface area contributed by atoms with Gasteiger partial charge < -0.3 is 29.2 Å². The second kappa shape index (κ2) is 22.8. The third kappa shape index (κ3) is 14.7. The van der Waals surface area contributed by atoms with Crippen molar-refractivity contribution in [2.45, 2.75) is 130 Å². The Morgan fingerprint density at radius 1 is 0.608 bits per heavy atom. The Kier molecular flexibility index (Phi) is 18.5. The number of phenols is 2. The van der Waals surface area contributed by atoms with Gasteiger partial charge in [-0.1, -0.05) is 90.9 Å². The van der Waals surface area contributed by atoms with E-state index < -0.39 is 24.1 Å². The predicted octanol–water partition coefficient (Wildman–Crippen LogP) is 9.50. The molecule has 0 aliphatic rings. The van der Waals surface area contributed by atoms with E-state index in [0.29, 0.717) is 13.2 Å². The number of benzene rings is 2. The summed E-state index contributed by atoms with van der Waals surface area (Å²) in [7, 11) is 0. The summed E-state index contributed by atoms with van der Waals surface area (Å²) in [5, 5.41) is 21.7. The van der Waals surface area contributed by atoms with Crippen LogP contribution in [0.1, 0.15) is 118 Å². The van der Waals surface area contributed by atoms with Crippen molar-refractivity contribution in [3.63, 3.8) is 0 Å². The first kappa shape index (κ1) is 41.5. The lowest BCUT2D eigenvalue weighted by Crippen LogP contribution is -2.26. The highest BCUT2D eigenvalue weighted by molar-refractivity contribution is 9.10. The van der Waals surface area contributed by atoms with Gasteiger partial charge in [-0.3, -0.25) is 0 Å². The van der Waals surface area contributed by atoms with Crippen LogP contribution in [0.5, 0.6) is 23.0 Å². The average Bonchev–Trinajstić information content (AvgIpc) is 3.10. The van der Waals surface area contributed by atoms with E-state index in [1.807, 2.05) is 0 Å². The van der Waals surface area contributed by atoms with Gasteiger partial charge in [0.15, 0.2) is 23.9 Å². The lowest BCUT2D eigenvalue weighted by molar-refractivity contribution is -0.152. The van der Waals surface area contributed by atoms with E-state index in [1.165, 1.54) is 63.5 Å². The van der Waals surface area contributed by atoms with Crippen LogP contribution in [0.15, 0.2) is 41.1 Å². The van der Waals surface area contributed by atoms with Crippen molar-refractivity contribution >= 4 is 27.9 Å². The summed E-state index contributed by atoms with van der Waals surface area (Å²) >= 11 is 3.29. The normalized spacial score (nSPS) is 12.3. The first-order chi connectivity index (χ1) is 24.6. The molecule has 11 nitrogen and oxygen atoms in total. The topological polar surface area (TPSA) is 150 Å². The number of unbranched alkanes of at least 4 members (excludes halogenated alkanes) is 12. The Balaban J connectivity index is 1.55. The molecule has 2 aromatic carbocycles. The zero-order valence-corrected chi connectivity index (χ0v) is 32.1. The molecule has 280 valence electrons. The van der Waals surface area contributed by atoms with Gasteiger partial charge in [0, 0.05) is 12.1 Å². The summed E-state index contributed by atoms with van der Waals surface area (Å²) < 4.78 is 22.4. The van der Waals surface area contributed by atoms with Crippen molar-refractivity contribution < 1.29 is 38.7 Å². The van der Waals surface area contributed by atoms with Gasteiger partial charge in [0.1, 0.15) is 23.0 Å². The van der Waals surface area contributed by atoms with Crippen LogP contribution in [-0.2, 0) is 19.1 Å². The van der Waals surface area contributed by atoms with Crippen LogP contribution in [0.25, 0.3) is 22.8 Å². The molecule has 2 unspecified atom stereocenters. The molecule has 2 atom stereocenters. The summed E-state index contributed by atoms with van der Waals surface area (Å²) in [6, 6.07) is 9.07. The lowest BCUT2D eigenvalue weighted by atomic mass is 10.1. The number of esters is 2. The molecule has 0 bridgehead atoms. The first-order valence-electron chi connectivity index (χ1n) is 18.4. The molecule has 2 N–H and O–H groups in total. The van der Waals surface area contributed by atoms with Gasteiger partial charge in [-0.2, -0.15) is 0 Å². The van der Waals surface area contributed by atoms with Gasteiger partial charge in [-0.15, -0.1) is 0 Å². The number of nitrogens with zero attached hydrogens (tertiary/aromatic N) is 3. The summed E-state index contributed by atoms with van der Waals surface area (Å²) in [6.45, 7) is 8.27. The molecule has 0 aliphatic heterocycles. The van der Waals surface area contributed by atoms with Gasteiger partial charge in [-0.25, -0.2) is 24.5 Å². The number of carbonyl (C=O) groups excluding carboxylic acids is 2.